The number of amides is 3. The maximum Gasteiger partial charge on any atom is 0.259 e. The van der Waals surface area contributed by atoms with Gasteiger partial charge in [-0.1, -0.05) is 73.6 Å². The van der Waals surface area contributed by atoms with E-state index in [1.807, 2.05) is 62.4 Å². The minimum atomic E-state index is -3.84. The third kappa shape index (κ3) is 6.63. The van der Waals surface area contributed by atoms with Gasteiger partial charge in [0, 0.05) is 23.5 Å². The summed E-state index contributed by atoms with van der Waals surface area (Å²) in [4.78, 5) is 55.0. The van der Waals surface area contributed by atoms with E-state index >= 15 is 0 Å². The van der Waals surface area contributed by atoms with Crippen LogP contribution in [-0.2, 0) is 34.1 Å². The molecule has 1 saturated heterocycles. The number of hydrogen-bond donors (Lipinski definition) is 3. The molecule has 0 aromatic heterocycles. The molecule has 12 nitrogen and oxygen atoms in total. The molecule has 7 rings (SSSR count). The molecule has 0 bridgehead atoms. The van der Waals surface area contributed by atoms with E-state index in [-0.39, 0.29) is 31.2 Å². The van der Waals surface area contributed by atoms with Gasteiger partial charge in [-0.25, -0.2) is 8.42 Å². The average molecular weight is 690 g/mol. The third-order valence-corrected chi connectivity index (χ3v) is 12.0. The molecule has 0 radical (unpaired) electrons. The van der Waals surface area contributed by atoms with E-state index < -0.39 is 56.7 Å². The van der Waals surface area contributed by atoms with Crippen molar-refractivity contribution in [3.05, 3.63) is 72.3 Å². The van der Waals surface area contributed by atoms with E-state index in [4.69, 9.17) is 9.68 Å². The van der Waals surface area contributed by atoms with E-state index in [1.54, 1.807) is 0 Å². The Bertz CT molecular complexity index is 1760. The highest BCUT2D eigenvalue weighted by molar-refractivity contribution is 7.91. The van der Waals surface area contributed by atoms with E-state index in [1.165, 1.54) is 11.0 Å². The first kappa shape index (κ1) is 33.4. The lowest BCUT2D eigenvalue weighted by molar-refractivity contribution is -0.145. The largest absolute Gasteiger partial charge is 0.390 e. The van der Waals surface area contributed by atoms with Crippen LogP contribution in [0.3, 0.4) is 0 Å². The van der Waals surface area contributed by atoms with Crippen LogP contribution in [0.5, 0.6) is 0 Å². The second-order valence-corrected chi connectivity index (χ2v) is 16.2. The summed E-state index contributed by atoms with van der Waals surface area (Å²) >= 11 is 0. The van der Waals surface area contributed by atoms with Gasteiger partial charge in [-0.05, 0) is 55.1 Å². The first-order valence-corrected chi connectivity index (χ1v) is 18.7. The summed E-state index contributed by atoms with van der Waals surface area (Å²) < 4.78 is 27.5. The van der Waals surface area contributed by atoms with Gasteiger partial charge < -0.3 is 19.9 Å². The van der Waals surface area contributed by atoms with Crippen LogP contribution in [0.15, 0.2) is 66.3 Å². The number of nitrogens with one attached hydrogen (secondary N) is 3. The van der Waals surface area contributed by atoms with E-state index in [0.29, 0.717) is 31.1 Å². The van der Waals surface area contributed by atoms with Crippen LogP contribution in [0, 0.1) is 17.8 Å². The second-order valence-electron chi connectivity index (χ2n) is 14.3. The zero-order valence-electron chi connectivity index (χ0n) is 27.8. The minimum absolute atomic E-state index is 0.0741. The summed E-state index contributed by atoms with van der Waals surface area (Å²) in [5.41, 5.74) is 6.09. The van der Waals surface area contributed by atoms with Crippen molar-refractivity contribution >= 4 is 33.5 Å². The van der Waals surface area contributed by atoms with Gasteiger partial charge in [-0.2, -0.15) is 5.48 Å². The number of likely N-dealkylation sites (tertiary alicyclic amines) is 1. The number of nitrogens with zero attached hydrogens (tertiary/aromatic N) is 2. The highest BCUT2D eigenvalue weighted by Crippen LogP contribution is 2.45. The Kier molecular flexibility index (Phi) is 8.87. The van der Waals surface area contributed by atoms with Crippen LogP contribution in [0.4, 0.5) is 0 Å². The minimum Gasteiger partial charge on any atom is -0.390 e. The second kappa shape index (κ2) is 13.0. The molecule has 3 amide bonds. The predicted octanol–water partition coefficient (Wildman–Crippen LogP) is 3.03. The van der Waals surface area contributed by atoms with Crippen molar-refractivity contribution in [1.29, 1.82) is 0 Å². The highest BCUT2D eigenvalue weighted by Gasteiger charge is 2.62. The Labute approximate surface area is 286 Å². The number of benzene rings is 2. The van der Waals surface area contributed by atoms with Crippen molar-refractivity contribution in [3.63, 3.8) is 0 Å². The molecule has 1 aliphatic heterocycles. The van der Waals surface area contributed by atoms with E-state index in [0.717, 1.165) is 35.1 Å². The number of rotatable bonds is 14. The molecule has 2 aromatic carbocycles. The molecule has 4 aliphatic carbocycles. The molecule has 0 unspecified atom stereocenters. The summed E-state index contributed by atoms with van der Waals surface area (Å²) in [5.74, 6) is -1.86. The number of fused-ring (bicyclic) bond motifs is 3. The van der Waals surface area contributed by atoms with Crippen LogP contribution in [0.25, 0.3) is 11.1 Å². The normalized spacial score (nSPS) is 26.1. The van der Waals surface area contributed by atoms with E-state index in [9.17, 15) is 22.8 Å². The number of hydroxylamine groups is 1. The Balaban J connectivity index is 1.13. The molecule has 3 N–H and O–H groups in total. The Hall–Kier alpha value is -4.07. The fraction of sp³-hybridized carbons (Fsp3) is 0.500. The monoisotopic (exact) mass is 689 g/mol. The van der Waals surface area contributed by atoms with Gasteiger partial charge in [0.15, 0.2) is 0 Å². The molecule has 5 atom stereocenters. The summed E-state index contributed by atoms with van der Waals surface area (Å²) in [7, 11) is -3.84. The lowest BCUT2D eigenvalue weighted by Crippen LogP contribution is -2.58. The van der Waals surface area contributed by atoms with Crippen molar-refractivity contribution in [2.75, 3.05) is 13.2 Å². The summed E-state index contributed by atoms with van der Waals surface area (Å²) in [6, 6.07) is 14.1. The number of sulfonamides is 1. The van der Waals surface area contributed by atoms with Crippen LogP contribution >= 0.6 is 0 Å². The van der Waals surface area contributed by atoms with Crippen molar-refractivity contribution in [1.82, 2.24) is 20.4 Å². The number of oxime groups is 1. The predicted molar refractivity (Wildman–Crippen MR) is 182 cm³/mol. The van der Waals surface area contributed by atoms with Gasteiger partial charge in [0.2, 0.25) is 21.8 Å². The van der Waals surface area contributed by atoms with Gasteiger partial charge in [-0.3, -0.25) is 19.1 Å². The van der Waals surface area contributed by atoms with Gasteiger partial charge in [0.1, 0.15) is 29.4 Å². The van der Waals surface area contributed by atoms with Crippen molar-refractivity contribution in [2.45, 2.75) is 81.3 Å². The molecule has 2 aromatic rings. The third-order valence-electron chi connectivity index (χ3n) is 10.2. The molecule has 1 heterocycles. The number of carbonyl (C=O) groups excluding carboxylic acids is 3. The molecule has 3 saturated carbocycles. The van der Waals surface area contributed by atoms with Crippen molar-refractivity contribution in [2.24, 2.45) is 22.9 Å². The molecule has 4 fully saturated rings. The smallest absolute Gasteiger partial charge is 0.259 e. The molecule has 5 aliphatic rings. The van der Waals surface area contributed by atoms with Crippen molar-refractivity contribution < 1.29 is 32.5 Å². The van der Waals surface area contributed by atoms with Crippen molar-refractivity contribution in [3.8, 4) is 11.1 Å². The molecule has 0 spiro atoms. The van der Waals surface area contributed by atoms with Crippen LogP contribution in [-0.4, -0.2) is 78.9 Å². The van der Waals surface area contributed by atoms with Crippen LogP contribution < -0.4 is 15.5 Å². The maximum atomic E-state index is 14.2. The van der Waals surface area contributed by atoms with Gasteiger partial charge in [0.05, 0.1) is 18.4 Å². The fourth-order valence-electron chi connectivity index (χ4n) is 6.80. The summed E-state index contributed by atoms with van der Waals surface area (Å²) in [5, 5.41) is 6.83. The zero-order valence-corrected chi connectivity index (χ0v) is 28.6. The van der Waals surface area contributed by atoms with E-state index in [2.05, 4.69) is 27.3 Å². The summed E-state index contributed by atoms with van der Waals surface area (Å²) in [6.07, 6.45) is 4.38. The average Bonchev–Trinajstić information content (AvgIpc) is 4.00. The Morgan fingerprint density at radius 3 is 2.20 bits per heavy atom. The molecule has 49 heavy (non-hydrogen) atoms. The Morgan fingerprint density at radius 2 is 1.65 bits per heavy atom. The first-order valence-electron chi connectivity index (χ1n) is 17.1. The lowest BCUT2D eigenvalue weighted by atomic mass is 10.0. The summed E-state index contributed by atoms with van der Waals surface area (Å²) in [6.45, 7) is 8.15. The standard InChI is InChI=1S/C36H43N5O7S/c1-4-23-18-36(23,35(44)40-49(45,46)25-15-16-25)37-33(42)30-17-24(19-41(30)34(43)31(21(2)3)38-47-20-22-13-14-22)48-39-32-28-11-7-5-9-26(28)27-10-6-8-12-29(27)32/h4-12,21-25,30-31,38H,1,13-20H2,2-3H3,(H,37,42)(H,40,44)/t23-,24-,30+,31-,36+/m1/s1. The quantitative estimate of drug-likeness (QED) is 0.172. The number of carbonyl (C=O) groups is 3. The maximum absolute atomic E-state index is 14.2. The topological polar surface area (TPSA) is 156 Å². The lowest BCUT2D eigenvalue weighted by Gasteiger charge is -2.31. The Morgan fingerprint density at radius 1 is 1.02 bits per heavy atom. The first-order chi connectivity index (χ1) is 23.5. The van der Waals surface area contributed by atoms with Crippen LogP contribution in [0.2, 0.25) is 0 Å². The zero-order chi connectivity index (χ0) is 34.5. The van der Waals surface area contributed by atoms with Crippen LogP contribution in [0.1, 0.15) is 63.5 Å². The molecular weight excluding hydrogens is 646 g/mol. The SMILES string of the molecule is C=C[C@@H]1C[C@@]1(NC(=O)[C@@H]1C[C@@H](ON=C2c3ccccc3-c3ccccc32)CN1C(=O)[C@H](NOCC1CC1)C(C)C)C(=O)NS(=O)(=O)C1CC1. The fourth-order valence-corrected chi connectivity index (χ4v) is 8.16. The molecule has 260 valence electrons. The van der Waals surface area contributed by atoms with Gasteiger partial charge in [0.25, 0.3) is 5.91 Å². The van der Waals surface area contributed by atoms with Gasteiger partial charge in [-0.15, -0.1) is 6.58 Å². The molecule has 13 heteroatoms. The number of hydrogen-bond acceptors (Lipinski definition) is 9. The van der Waals surface area contributed by atoms with Gasteiger partial charge >= 0.3 is 0 Å². The molecular formula is C36H43N5O7S. The highest BCUT2D eigenvalue weighted by atomic mass is 32.2.